The van der Waals surface area contributed by atoms with Crippen molar-refractivity contribution in [2.75, 3.05) is 18.0 Å². The molecular formula is C16H24N2O. The predicted octanol–water partition coefficient (Wildman–Crippen LogP) is 2.96. The van der Waals surface area contributed by atoms with Crippen molar-refractivity contribution in [2.24, 2.45) is 0 Å². The standard InChI is InChI=1S/C16H24N2O/c1-2-18(15-9-4-3-5-10-15)16(19)12-11-14-8-6-7-13-17-14/h3-5,9-10,14,17H,2,6-8,11-13H2,1H3. The lowest BCUT2D eigenvalue weighted by Gasteiger charge is -2.25. The van der Waals surface area contributed by atoms with Gasteiger partial charge in [-0.3, -0.25) is 4.79 Å². The third kappa shape index (κ3) is 4.06. The van der Waals surface area contributed by atoms with Gasteiger partial charge < -0.3 is 10.2 Å². The fourth-order valence-electron chi connectivity index (χ4n) is 2.71. The molecule has 3 heteroatoms. The number of piperidine rings is 1. The van der Waals surface area contributed by atoms with Crippen molar-refractivity contribution >= 4 is 11.6 Å². The Bertz CT molecular complexity index is 385. The average Bonchev–Trinajstić information content (AvgIpc) is 2.48. The lowest BCUT2D eigenvalue weighted by atomic mass is 10.0. The van der Waals surface area contributed by atoms with Crippen LogP contribution in [0.4, 0.5) is 5.69 Å². The van der Waals surface area contributed by atoms with Gasteiger partial charge in [0, 0.05) is 24.7 Å². The van der Waals surface area contributed by atoms with Gasteiger partial charge in [0.2, 0.25) is 5.91 Å². The van der Waals surface area contributed by atoms with E-state index in [4.69, 9.17) is 0 Å². The van der Waals surface area contributed by atoms with Crippen molar-refractivity contribution in [1.82, 2.24) is 5.32 Å². The van der Waals surface area contributed by atoms with Crippen LogP contribution in [0.1, 0.15) is 39.0 Å². The molecule has 1 N–H and O–H groups in total. The molecule has 1 aliphatic heterocycles. The van der Waals surface area contributed by atoms with Crippen LogP contribution in [-0.2, 0) is 4.79 Å². The number of carbonyl (C=O) groups is 1. The number of hydrogen-bond donors (Lipinski definition) is 1. The Balaban J connectivity index is 1.86. The Morgan fingerprint density at radius 3 is 2.74 bits per heavy atom. The van der Waals surface area contributed by atoms with Crippen molar-refractivity contribution < 1.29 is 4.79 Å². The highest BCUT2D eigenvalue weighted by Gasteiger charge is 2.17. The minimum absolute atomic E-state index is 0.237. The molecule has 0 saturated carbocycles. The second kappa shape index (κ2) is 7.29. The molecule has 1 heterocycles. The lowest BCUT2D eigenvalue weighted by Crippen LogP contribution is -2.36. The molecule has 0 bridgehead atoms. The fourth-order valence-corrected chi connectivity index (χ4v) is 2.71. The van der Waals surface area contributed by atoms with Gasteiger partial charge in [-0.2, -0.15) is 0 Å². The lowest BCUT2D eigenvalue weighted by molar-refractivity contribution is -0.118. The zero-order valence-electron chi connectivity index (χ0n) is 11.8. The van der Waals surface area contributed by atoms with Gasteiger partial charge in [0.1, 0.15) is 0 Å². The molecule has 1 fully saturated rings. The molecule has 104 valence electrons. The number of nitrogens with zero attached hydrogens (tertiary/aromatic N) is 1. The van der Waals surface area contributed by atoms with E-state index in [0.29, 0.717) is 12.5 Å². The molecule has 0 aromatic heterocycles. The monoisotopic (exact) mass is 260 g/mol. The van der Waals surface area contributed by atoms with Crippen LogP contribution in [0, 0.1) is 0 Å². The van der Waals surface area contributed by atoms with E-state index in [1.807, 2.05) is 42.2 Å². The quantitative estimate of drug-likeness (QED) is 0.882. The summed E-state index contributed by atoms with van der Waals surface area (Å²) >= 11 is 0. The van der Waals surface area contributed by atoms with Gasteiger partial charge in [-0.25, -0.2) is 0 Å². The molecule has 0 spiro atoms. The highest BCUT2D eigenvalue weighted by molar-refractivity contribution is 5.93. The number of para-hydroxylation sites is 1. The van der Waals surface area contributed by atoms with E-state index in [1.54, 1.807) is 0 Å². The molecule has 2 rings (SSSR count). The third-order valence-electron chi connectivity index (χ3n) is 3.80. The summed E-state index contributed by atoms with van der Waals surface area (Å²) in [7, 11) is 0. The average molecular weight is 260 g/mol. The molecule has 1 aromatic rings. The first-order valence-electron chi connectivity index (χ1n) is 7.40. The molecule has 1 amide bonds. The van der Waals surface area contributed by atoms with E-state index in [2.05, 4.69) is 5.32 Å². The minimum Gasteiger partial charge on any atom is -0.314 e. The van der Waals surface area contributed by atoms with E-state index in [9.17, 15) is 4.79 Å². The van der Waals surface area contributed by atoms with Gasteiger partial charge in [-0.1, -0.05) is 24.6 Å². The number of rotatable bonds is 5. The van der Waals surface area contributed by atoms with Crippen LogP contribution in [0.5, 0.6) is 0 Å². The first-order chi connectivity index (χ1) is 9.31. The van der Waals surface area contributed by atoms with Crippen molar-refractivity contribution in [3.8, 4) is 0 Å². The molecule has 1 atom stereocenters. The second-order valence-electron chi connectivity index (χ2n) is 5.16. The Labute approximate surface area is 116 Å². The number of carbonyl (C=O) groups excluding carboxylic acids is 1. The second-order valence-corrected chi connectivity index (χ2v) is 5.16. The highest BCUT2D eigenvalue weighted by Crippen LogP contribution is 2.17. The molecule has 19 heavy (non-hydrogen) atoms. The van der Waals surface area contributed by atoms with Crippen LogP contribution >= 0.6 is 0 Å². The van der Waals surface area contributed by atoms with Crippen molar-refractivity contribution in [3.63, 3.8) is 0 Å². The third-order valence-corrected chi connectivity index (χ3v) is 3.80. The number of benzene rings is 1. The first kappa shape index (κ1) is 14.1. The van der Waals surface area contributed by atoms with E-state index < -0.39 is 0 Å². The van der Waals surface area contributed by atoms with E-state index in [1.165, 1.54) is 19.3 Å². The Morgan fingerprint density at radius 1 is 1.32 bits per heavy atom. The maximum Gasteiger partial charge on any atom is 0.227 e. The molecule has 3 nitrogen and oxygen atoms in total. The SMILES string of the molecule is CCN(C(=O)CCC1CCCCN1)c1ccccc1. The molecule has 1 aromatic carbocycles. The molecule has 1 aliphatic rings. The largest absolute Gasteiger partial charge is 0.314 e. The van der Waals surface area contributed by atoms with Crippen molar-refractivity contribution in [2.45, 2.75) is 45.1 Å². The summed E-state index contributed by atoms with van der Waals surface area (Å²) in [5.74, 6) is 0.237. The van der Waals surface area contributed by atoms with Gasteiger partial charge in [0.25, 0.3) is 0 Å². The highest BCUT2D eigenvalue weighted by atomic mass is 16.2. The van der Waals surface area contributed by atoms with Crippen LogP contribution in [0.15, 0.2) is 30.3 Å². The number of anilines is 1. The zero-order valence-corrected chi connectivity index (χ0v) is 11.8. The summed E-state index contributed by atoms with van der Waals surface area (Å²) < 4.78 is 0. The Kier molecular flexibility index (Phi) is 5.40. The van der Waals surface area contributed by atoms with Crippen LogP contribution in [0.2, 0.25) is 0 Å². The minimum atomic E-state index is 0.237. The zero-order chi connectivity index (χ0) is 13.5. The number of amides is 1. The maximum atomic E-state index is 12.3. The summed E-state index contributed by atoms with van der Waals surface area (Å²) in [6, 6.07) is 10.5. The van der Waals surface area contributed by atoms with Crippen molar-refractivity contribution in [1.29, 1.82) is 0 Å². The molecule has 0 radical (unpaired) electrons. The molecule has 0 aliphatic carbocycles. The molecule has 1 unspecified atom stereocenters. The van der Waals surface area contributed by atoms with E-state index >= 15 is 0 Å². The van der Waals surface area contributed by atoms with Crippen LogP contribution < -0.4 is 10.2 Å². The predicted molar refractivity (Wildman–Crippen MR) is 79.3 cm³/mol. The number of nitrogens with one attached hydrogen (secondary N) is 1. The Hall–Kier alpha value is -1.35. The van der Waals surface area contributed by atoms with Gasteiger partial charge in [-0.15, -0.1) is 0 Å². The topological polar surface area (TPSA) is 32.3 Å². The van der Waals surface area contributed by atoms with Crippen molar-refractivity contribution in [3.05, 3.63) is 30.3 Å². The summed E-state index contributed by atoms with van der Waals surface area (Å²) in [5.41, 5.74) is 1.01. The van der Waals surface area contributed by atoms with Crippen LogP contribution in [0.3, 0.4) is 0 Å². The van der Waals surface area contributed by atoms with Crippen LogP contribution in [0.25, 0.3) is 0 Å². The van der Waals surface area contributed by atoms with Crippen LogP contribution in [-0.4, -0.2) is 25.0 Å². The molecule has 1 saturated heterocycles. The number of hydrogen-bond acceptors (Lipinski definition) is 2. The van der Waals surface area contributed by atoms with Gasteiger partial charge >= 0.3 is 0 Å². The summed E-state index contributed by atoms with van der Waals surface area (Å²) in [6.07, 6.45) is 5.38. The first-order valence-corrected chi connectivity index (χ1v) is 7.40. The van der Waals surface area contributed by atoms with E-state index in [-0.39, 0.29) is 5.91 Å². The summed E-state index contributed by atoms with van der Waals surface area (Å²) in [5, 5.41) is 3.50. The van der Waals surface area contributed by atoms with E-state index in [0.717, 1.165) is 25.2 Å². The van der Waals surface area contributed by atoms with Gasteiger partial charge in [0.05, 0.1) is 0 Å². The Morgan fingerprint density at radius 2 is 2.11 bits per heavy atom. The fraction of sp³-hybridized carbons (Fsp3) is 0.562. The van der Waals surface area contributed by atoms with Gasteiger partial charge in [0.15, 0.2) is 0 Å². The van der Waals surface area contributed by atoms with Gasteiger partial charge in [-0.05, 0) is 44.9 Å². The normalized spacial score (nSPS) is 19.1. The summed E-state index contributed by atoms with van der Waals surface area (Å²) in [6.45, 7) is 3.87. The molecular weight excluding hydrogens is 236 g/mol. The summed E-state index contributed by atoms with van der Waals surface area (Å²) in [4.78, 5) is 14.2. The smallest absolute Gasteiger partial charge is 0.227 e. The maximum absolute atomic E-state index is 12.3.